The number of nitrogens with zero attached hydrogens (tertiary/aromatic N) is 3. The van der Waals surface area contributed by atoms with Crippen LogP contribution < -0.4 is 5.32 Å². The Hall–Kier alpha value is -2.40. The number of nitrogens with one attached hydrogen (secondary N) is 1. The number of aromatic nitrogens is 3. The van der Waals surface area contributed by atoms with E-state index in [4.69, 9.17) is 11.6 Å². The number of halogens is 1. The summed E-state index contributed by atoms with van der Waals surface area (Å²) >= 11 is 5.98. The Morgan fingerprint density at radius 3 is 2.86 bits per heavy atom. The van der Waals surface area contributed by atoms with Crippen LogP contribution in [0.15, 0.2) is 36.7 Å². The minimum absolute atomic E-state index is 0.233. The summed E-state index contributed by atoms with van der Waals surface area (Å²) in [5, 5.41) is 3.40. The van der Waals surface area contributed by atoms with Gasteiger partial charge in [0.05, 0.1) is 5.69 Å². The van der Waals surface area contributed by atoms with E-state index in [2.05, 4.69) is 15.3 Å². The molecular formula is C16H15ClN4O. The molecule has 0 unspecified atom stereocenters. The number of aryl methyl sites for hydroxylation is 2. The second-order valence-corrected chi connectivity index (χ2v) is 5.45. The quantitative estimate of drug-likeness (QED) is 0.805. The van der Waals surface area contributed by atoms with Gasteiger partial charge in [-0.25, -0.2) is 9.97 Å². The first kappa shape index (κ1) is 14.5. The van der Waals surface area contributed by atoms with Gasteiger partial charge in [0.15, 0.2) is 0 Å². The molecule has 0 radical (unpaired) electrons. The summed E-state index contributed by atoms with van der Waals surface area (Å²) in [6.07, 6.45) is 4.12. The zero-order chi connectivity index (χ0) is 15.7. The van der Waals surface area contributed by atoms with E-state index < -0.39 is 0 Å². The highest BCUT2D eigenvalue weighted by atomic mass is 35.5. The molecule has 0 fully saturated rings. The molecule has 0 saturated heterocycles. The zero-order valence-electron chi connectivity index (χ0n) is 12.3. The average molecular weight is 315 g/mol. The monoisotopic (exact) mass is 314 g/mol. The van der Waals surface area contributed by atoms with Gasteiger partial charge < -0.3 is 5.32 Å². The number of pyridine rings is 2. The van der Waals surface area contributed by atoms with Gasteiger partial charge in [-0.05, 0) is 31.0 Å². The molecule has 3 aromatic heterocycles. The van der Waals surface area contributed by atoms with Crippen LogP contribution in [-0.2, 0) is 6.42 Å². The molecule has 6 heteroatoms. The molecule has 0 aliphatic heterocycles. The molecule has 0 atom stereocenters. The SMILES string of the molecule is CCc1nc2cc(Cl)ccn2c1C(=O)Nc1ccc(C)cn1. The number of carbonyl (C=O) groups is 1. The lowest BCUT2D eigenvalue weighted by Gasteiger charge is -2.06. The van der Waals surface area contributed by atoms with Crippen molar-refractivity contribution in [2.45, 2.75) is 20.3 Å². The number of amides is 1. The Morgan fingerprint density at radius 1 is 1.36 bits per heavy atom. The summed E-state index contributed by atoms with van der Waals surface area (Å²) in [7, 11) is 0. The lowest BCUT2D eigenvalue weighted by molar-refractivity contribution is 0.102. The van der Waals surface area contributed by atoms with Crippen molar-refractivity contribution in [3.63, 3.8) is 0 Å². The van der Waals surface area contributed by atoms with E-state index in [9.17, 15) is 4.79 Å². The molecule has 3 rings (SSSR count). The minimum atomic E-state index is -0.233. The summed E-state index contributed by atoms with van der Waals surface area (Å²) in [5.41, 5.74) is 2.94. The Labute approximate surface area is 133 Å². The Kier molecular flexibility index (Phi) is 3.81. The number of hydrogen-bond donors (Lipinski definition) is 1. The van der Waals surface area contributed by atoms with Gasteiger partial charge in [0.2, 0.25) is 0 Å². The van der Waals surface area contributed by atoms with Crippen molar-refractivity contribution in [3.8, 4) is 0 Å². The smallest absolute Gasteiger partial charge is 0.275 e. The number of anilines is 1. The molecule has 112 valence electrons. The number of rotatable bonds is 3. The van der Waals surface area contributed by atoms with E-state index in [1.165, 1.54) is 0 Å². The first-order chi connectivity index (χ1) is 10.6. The van der Waals surface area contributed by atoms with E-state index in [0.717, 1.165) is 11.3 Å². The van der Waals surface area contributed by atoms with Crippen molar-refractivity contribution in [1.29, 1.82) is 0 Å². The first-order valence-corrected chi connectivity index (χ1v) is 7.36. The Bertz CT molecular complexity index is 839. The second-order valence-electron chi connectivity index (χ2n) is 5.01. The maximum absolute atomic E-state index is 12.6. The molecule has 0 aliphatic rings. The summed E-state index contributed by atoms with van der Waals surface area (Å²) in [4.78, 5) is 21.3. The van der Waals surface area contributed by atoms with Gasteiger partial charge in [-0.2, -0.15) is 0 Å². The van der Waals surface area contributed by atoms with E-state index in [0.29, 0.717) is 28.6 Å². The summed E-state index contributed by atoms with van der Waals surface area (Å²) < 4.78 is 1.74. The molecule has 0 saturated carbocycles. The van der Waals surface area contributed by atoms with Crippen molar-refractivity contribution >= 4 is 29.0 Å². The predicted molar refractivity (Wildman–Crippen MR) is 86.5 cm³/mol. The first-order valence-electron chi connectivity index (χ1n) is 6.99. The number of imidazole rings is 1. The molecule has 1 amide bonds. The van der Waals surface area contributed by atoms with Crippen LogP contribution in [0.2, 0.25) is 5.02 Å². The van der Waals surface area contributed by atoms with Crippen LogP contribution in [0.4, 0.5) is 5.82 Å². The van der Waals surface area contributed by atoms with Crippen LogP contribution in [-0.4, -0.2) is 20.3 Å². The summed E-state index contributed by atoms with van der Waals surface area (Å²) in [5.74, 6) is 0.282. The van der Waals surface area contributed by atoms with Crippen LogP contribution >= 0.6 is 11.6 Å². The van der Waals surface area contributed by atoms with E-state index in [1.807, 2.05) is 19.9 Å². The highest BCUT2D eigenvalue weighted by Crippen LogP contribution is 2.18. The Balaban J connectivity index is 2.00. The average Bonchev–Trinajstić information content (AvgIpc) is 2.87. The maximum Gasteiger partial charge on any atom is 0.275 e. The lowest BCUT2D eigenvalue weighted by atomic mass is 10.2. The van der Waals surface area contributed by atoms with Crippen LogP contribution in [0, 0.1) is 6.92 Å². The van der Waals surface area contributed by atoms with Gasteiger partial charge in [-0.1, -0.05) is 24.6 Å². The van der Waals surface area contributed by atoms with Crippen molar-refractivity contribution in [3.05, 3.63) is 58.6 Å². The molecule has 5 nitrogen and oxygen atoms in total. The summed E-state index contributed by atoms with van der Waals surface area (Å²) in [6, 6.07) is 7.15. The van der Waals surface area contributed by atoms with E-state index in [-0.39, 0.29) is 5.91 Å². The fraction of sp³-hybridized carbons (Fsp3) is 0.188. The molecule has 3 heterocycles. The van der Waals surface area contributed by atoms with E-state index >= 15 is 0 Å². The third-order valence-corrected chi connectivity index (χ3v) is 3.60. The topological polar surface area (TPSA) is 59.3 Å². The maximum atomic E-state index is 12.6. The number of carbonyl (C=O) groups excluding carboxylic acids is 1. The highest BCUT2D eigenvalue weighted by molar-refractivity contribution is 6.30. The standard InChI is InChI=1S/C16H15ClN4O/c1-3-12-15(21-7-6-11(17)8-14(21)19-12)16(22)20-13-5-4-10(2)9-18-13/h4-9H,3H2,1-2H3,(H,18,20,22). The molecule has 1 N–H and O–H groups in total. The molecule has 0 spiro atoms. The van der Waals surface area contributed by atoms with Crippen LogP contribution in [0.5, 0.6) is 0 Å². The van der Waals surface area contributed by atoms with Gasteiger partial charge in [-0.3, -0.25) is 9.20 Å². The fourth-order valence-electron chi connectivity index (χ4n) is 2.27. The third-order valence-electron chi connectivity index (χ3n) is 3.36. The molecule has 0 aliphatic carbocycles. The zero-order valence-corrected chi connectivity index (χ0v) is 13.1. The lowest BCUT2D eigenvalue weighted by Crippen LogP contribution is -2.17. The van der Waals surface area contributed by atoms with Gasteiger partial charge in [0.1, 0.15) is 17.2 Å². The van der Waals surface area contributed by atoms with Crippen molar-refractivity contribution in [2.24, 2.45) is 0 Å². The van der Waals surface area contributed by atoms with Crippen molar-refractivity contribution < 1.29 is 4.79 Å². The minimum Gasteiger partial charge on any atom is -0.305 e. The van der Waals surface area contributed by atoms with Crippen molar-refractivity contribution in [2.75, 3.05) is 5.32 Å². The second kappa shape index (κ2) is 5.77. The van der Waals surface area contributed by atoms with Crippen LogP contribution in [0.25, 0.3) is 5.65 Å². The van der Waals surface area contributed by atoms with E-state index in [1.54, 1.807) is 35.0 Å². The molecule has 3 aromatic rings. The van der Waals surface area contributed by atoms with Gasteiger partial charge in [0.25, 0.3) is 5.91 Å². The van der Waals surface area contributed by atoms with Gasteiger partial charge >= 0.3 is 0 Å². The highest BCUT2D eigenvalue weighted by Gasteiger charge is 2.18. The van der Waals surface area contributed by atoms with Crippen LogP contribution in [0.1, 0.15) is 28.7 Å². The number of fused-ring (bicyclic) bond motifs is 1. The third kappa shape index (κ3) is 2.67. The number of hydrogen-bond acceptors (Lipinski definition) is 3. The van der Waals surface area contributed by atoms with Crippen LogP contribution in [0.3, 0.4) is 0 Å². The molecule has 22 heavy (non-hydrogen) atoms. The van der Waals surface area contributed by atoms with Gasteiger partial charge in [0, 0.05) is 23.5 Å². The van der Waals surface area contributed by atoms with Gasteiger partial charge in [-0.15, -0.1) is 0 Å². The van der Waals surface area contributed by atoms with Crippen molar-refractivity contribution in [1.82, 2.24) is 14.4 Å². The largest absolute Gasteiger partial charge is 0.305 e. The normalized spacial score (nSPS) is 10.9. The predicted octanol–water partition coefficient (Wildman–Crippen LogP) is 3.51. The Morgan fingerprint density at radius 2 is 2.18 bits per heavy atom. The summed E-state index contributed by atoms with van der Waals surface area (Å²) in [6.45, 7) is 3.91. The molecule has 0 aromatic carbocycles. The molecule has 0 bridgehead atoms. The fourth-order valence-corrected chi connectivity index (χ4v) is 2.43. The molecular weight excluding hydrogens is 300 g/mol.